The van der Waals surface area contributed by atoms with Gasteiger partial charge in [0.15, 0.2) is 0 Å². The van der Waals surface area contributed by atoms with Crippen molar-refractivity contribution in [3.63, 3.8) is 0 Å². The van der Waals surface area contributed by atoms with Crippen LogP contribution >= 0.6 is 0 Å². The normalized spacial score (nSPS) is 21.0. The van der Waals surface area contributed by atoms with E-state index in [2.05, 4.69) is 5.10 Å². The van der Waals surface area contributed by atoms with Gasteiger partial charge in [-0.25, -0.2) is 4.79 Å². The number of hydrazone groups is 1. The van der Waals surface area contributed by atoms with Crippen LogP contribution in [0.1, 0.15) is 27.7 Å². The van der Waals surface area contributed by atoms with Crippen molar-refractivity contribution in [2.24, 2.45) is 11.0 Å². The minimum atomic E-state index is -0.590. The lowest BCUT2D eigenvalue weighted by molar-refractivity contribution is -0.143. The number of carbonyl (C=O) groups is 2. The summed E-state index contributed by atoms with van der Waals surface area (Å²) in [5.74, 6) is -0.832. The van der Waals surface area contributed by atoms with Gasteiger partial charge in [-0.2, -0.15) is 10.1 Å². The maximum absolute atomic E-state index is 12.1. The Kier molecular flexibility index (Phi) is 5.10. The third kappa shape index (κ3) is 4.48. The Bertz CT molecular complexity index is 414. The molecule has 0 radical (unpaired) electrons. The second-order valence-electron chi connectivity index (χ2n) is 5.88. The van der Waals surface area contributed by atoms with Gasteiger partial charge in [0.1, 0.15) is 11.5 Å². The fourth-order valence-corrected chi connectivity index (χ4v) is 1.82. The first kappa shape index (κ1) is 16.4. The van der Waals surface area contributed by atoms with E-state index < -0.39 is 17.6 Å². The van der Waals surface area contributed by atoms with Crippen molar-refractivity contribution >= 4 is 17.8 Å². The van der Waals surface area contributed by atoms with Gasteiger partial charge >= 0.3 is 12.1 Å². The second kappa shape index (κ2) is 6.21. The molecule has 0 saturated carbocycles. The van der Waals surface area contributed by atoms with Crippen LogP contribution in [0, 0.1) is 5.92 Å². The number of hydrogen-bond acceptors (Lipinski definition) is 6. The van der Waals surface area contributed by atoms with Gasteiger partial charge in [-0.1, -0.05) is 0 Å². The Morgan fingerprint density at radius 1 is 1.35 bits per heavy atom. The third-order valence-electron chi connectivity index (χ3n) is 2.74. The second-order valence-corrected chi connectivity index (χ2v) is 5.88. The van der Waals surface area contributed by atoms with Gasteiger partial charge in [-0.05, 0) is 34.7 Å². The molecule has 0 aromatic carbocycles. The molecule has 114 valence electrons. The highest BCUT2D eigenvalue weighted by Crippen LogP contribution is 2.15. The van der Waals surface area contributed by atoms with E-state index >= 15 is 0 Å². The van der Waals surface area contributed by atoms with Crippen LogP contribution in [0.5, 0.6) is 0 Å². The lowest BCUT2D eigenvalue weighted by Gasteiger charge is -2.25. The molecule has 0 N–H and O–H groups in total. The van der Waals surface area contributed by atoms with E-state index in [1.807, 2.05) is 4.90 Å². The number of rotatable bonds is 1. The zero-order valence-corrected chi connectivity index (χ0v) is 13.0. The first-order valence-corrected chi connectivity index (χ1v) is 6.46. The first-order valence-electron chi connectivity index (χ1n) is 6.46. The van der Waals surface area contributed by atoms with Gasteiger partial charge in [0, 0.05) is 6.54 Å². The number of methoxy groups -OCH3 is 1. The molecule has 0 bridgehead atoms. The summed E-state index contributed by atoms with van der Waals surface area (Å²) in [6.07, 6.45) is -0.533. The molecule has 1 heterocycles. The summed E-state index contributed by atoms with van der Waals surface area (Å²) in [4.78, 5) is 25.6. The van der Waals surface area contributed by atoms with Gasteiger partial charge < -0.3 is 9.47 Å². The van der Waals surface area contributed by atoms with Crippen LogP contribution in [0.25, 0.3) is 0 Å². The largest absolute Gasteiger partial charge is 0.468 e. The van der Waals surface area contributed by atoms with Crippen LogP contribution in [-0.4, -0.2) is 60.7 Å². The van der Waals surface area contributed by atoms with E-state index in [9.17, 15) is 9.59 Å². The Balaban J connectivity index is 2.91. The number of esters is 1. The van der Waals surface area contributed by atoms with E-state index in [0.717, 1.165) is 0 Å². The molecule has 1 aliphatic heterocycles. The van der Waals surface area contributed by atoms with Gasteiger partial charge in [0.05, 0.1) is 19.5 Å². The maximum atomic E-state index is 12.1. The lowest BCUT2D eigenvalue weighted by atomic mass is 10.1. The van der Waals surface area contributed by atoms with Gasteiger partial charge in [0.25, 0.3) is 0 Å². The summed E-state index contributed by atoms with van der Waals surface area (Å²) >= 11 is 0. The van der Waals surface area contributed by atoms with Crippen LogP contribution in [0.4, 0.5) is 4.79 Å². The molecule has 0 fully saturated rings. The first-order chi connectivity index (χ1) is 9.14. The van der Waals surface area contributed by atoms with Crippen molar-refractivity contribution in [3.8, 4) is 0 Å². The van der Waals surface area contributed by atoms with Crippen LogP contribution in [-0.2, 0) is 14.3 Å². The summed E-state index contributed by atoms with van der Waals surface area (Å²) in [5.41, 5.74) is -0.0558. The Morgan fingerprint density at radius 2 is 1.95 bits per heavy atom. The Labute approximate surface area is 119 Å². The van der Waals surface area contributed by atoms with Crippen LogP contribution < -0.4 is 0 Å². The standard InChI is InChI=1S/C13H23N3O4/c1-9-10(11(17)19-6)7-15(5)8-16(14-9)12(18)20-13(2,3)4/h10H,7-8H2,1-6H3. The topological polar surface area (TPSA) is 71.4 Å². The molecule has 20 heavy (non-hydrogen) atoms. The van der Waals surface area contributed by atoms with E-state index in [1.165, 1.54) is 12.1 Å². The number of carbonyl (C=O) groups excluding carboxylic acids is 2. The molecule has 0 spiro atoms. The summed E-state index contributed by atoms with van der Waals surface area (Å²) in [6, 6.07) is 0. The maximum Gasteiger partial charge on any atom is 0.432 e. The van der Waals surface area contributed by atoms with Crippen LogP contribution in [0.15, 0.2) is 5.10 Å². The molecular weight excluding hydrogens is 262 g/mol. The van der Waals surface area contributed by atoms with Crippen LogP contribution in [0.2, 0.25) is 0 Å². The molecular formula is C13H23N3O4. The fraction of sp³-hybridized carbons (Fsp3) is 0.769. The third-order valence-corrected chi connectivity index (χ3v) is 2.74. The van der Waals surface area contributed by atoms with Crippen molar-refractivity contribution in [2.75, 3.05) is 27.4 Å². The number of amides is 1. The van der Waals surface area contributed by atoms with E-state index in [1.54, 1.807) is 34.7 Å². The molecule has 0 saturated heterocycles. The molecule has 1 unspecified atom stereocenters. The van der Waals surface area contributed by atoms with Crippen molar-refractivity contribution in [2.45, 2.75) is 33.3 Å². The molecule has 1 amide bonds. The number of ether oxygens (including phenoxy) is 2. The van der Waals surface area contributed by atoms with Crippen molar-refractivity contribution < 1.29 is 19.1 Å². The monoisotopic (exact) mass is 285 g/mol. The average molecular weight is 285 g/mol. The van der Waals surface area contributed by atoms with Crippen molar-refractivity contribution in [1.29, 1.82) is 0 Å². The Hall–Kier alpha value is -1.63. The molecule has 1 atom stereocenters. The zero-order chi connectivity index (χ0) is 15.5. The Morgan fingerprint density at radius 3 is 2.45 bits per heavy atom. The molecule has 7 heteroatoms. The number of nitrogens with zero attached hydrogens (tertiary/aromatic N) is 3. The van der Waals surface area contributed by atoms with E-state index in [4.69, 9.17) is 9.47 Å². The quantitative estimate of drug-likeness (QED) is 0.679. The molecule has 0 aliphatic carbocycles. The zero-order valence-electron chi connectivity index (χ0n) is 13.0. The average Bonchev–Trinajstić information content (AvgIpc) is 2.45. The van der Waals surface area contributed by atoms with Gasteiger partial charge in [0.2, 0.25) is 0 Å². The molecule has 1 aliphatic rings. The summed E-state index contributed by atoms with van der Waals surface area (Å²) in [7, 11) is 3.15. The fourth-order valence-electron chi connectivity index (χ4n) is 1.82. The molecule has 0 aromatic heterocycles. The van der Waals surface area contributed by atoms with E-state index in [0.29, 0.717) is 12.3 Å². The highest BCUT2D eigenvalue weighted by molar-refractivity contribution is 6.01. The highest BCUT2D eigenvalue weighted by Gasteiger charge is 2.31. The van der Waals surface area contributed by atoms with Crippen molar-refractivity contribution in [1.82, 2.24) is 9.91 Å². The predicted molar refractivity (Wildman–Crippen MR) is 74.2 cm³/mol. The minimum Gasteiger partial charge on any atom is -0.468 e. The van der Waals surface area contributed by atoms with Gasteiger partial charge in [-0.15, -0.1) is 0 Å². The number of hydrogen-bond donors (Lipinski definition) is 0. The molecule has 7 nitrogen and oxygen atoms in total. The van der Waals surface area contributed by atoms with E-state index in [-0.39, 0.29) is 12.6 Å². The van der Waals surface area contributed by atoms with Gasteiger partial charge in [-0.3, -0.25) is 9.69 Å². The summed E-state index contributed by atoms with van der Waals surface area (Å²) in [5, 5.41) is 5.42. The smallest absolute Gasteiger partial charge is 0.432 e. The minimum absolute atomic E-state index is 0.264. The summed E-state index contributed by atoms with van der Waals surface area (Å²) in [6.45, 7) is 7.79. The van der Waals surface area contributed by atoms with Crippen LogP contribution in [0.3, 0.4) is 0 Å². The lowest BCUT2D eigenvalue weighted by Crippen LogP contribution is -2.39. The predicted octanol–water partition coefficient (Wildman–Crippen LogP) is 1.29. The molecule has 0 aromatic rings. The SMILES string of the molecule is COC(=O)C1CN(C)CN(C(=O)OC(C)(C)C)N=C1C. The highest BCUT2D eigenvalue weighted by atomic mass is 16.6. The van der Waals surface area contributed by atoms with Crippen molar-refractivity contribution in [3.05, 3.63) is 0 Å². The molecule has 1 rings (SSSR count). The summed E-state index contributed by atoms with van der Waals surface area (Å²) < 4.78 is 10.0.